The fourth-order valence-electron chi connectivity index (χ4n) is 2.16. The van der Waals surface area contributed by atoms with Crippen LogP contribution in [0.1, 0.15) is 52.0 Å². The van der Waals surface area contributed by atoms with E-state index in [0.29, 0.717) is 0 Å². The SMILES string of the molecule is Cc1c(C)c(C)c(C(=O)C(C)C)c(C)c1C.II. The molecule has 102 valence electrons. The van der Waals surface area contributed by atoms with Crippen LogP contribution in [0.4, 0.5) is 0 Å². The summed E-state index contributed by atoms with van der Waals surface area (Å²) in [6, 6.07) is 0. The summed E-state index contributed by atoms with van der Waals surface area (Å²) in [5.74, 6) is 0.333. The molecule has 1 rings (SSSR count). The van der Waals surface area contributed by atoms with Gasteiger partial charge in [-0.3, -0.25) is 4.79 Å². The second-order valence-electron chi connectivity index (χ2n) is 5.02. The molecule has 0 heterocycles. The summed E-state index contributed by atoms with van der Waals surface area (Å²) in [7, 11) is 0. The van der Waals surface area contributed by atoms with E-state index in [-0.39, 0.29) is 11.7 Å². The molecule has 3 heteroatoms. The lowest BCUT2D eigenvalue weighted by molar-refractivity contribution is 0.0938. The van der Waals surface area contributed by atoms with Gasteiger partial charge in [0.15, 0.2) is 5.78 Å². The van der Waals surface area contributed by atoms with Gasteiger partial charge >= 0.3 is 0 Å². The largest absolute Gasteiger partial charge is 0.294 e. The van der Waals surface area contributed by atoms with Crippen LogP contribution in [0, 0.1) is 40.5 Å². The van der Waals surface area contributed by atoms with E-state index in [4.69, 9.17) is 0 Å². The number of Topliss-reactive ketones (excluding diaryl/α,β-unsaturated/α-hetero) is 1. The lowest BCUT2D eigenvalue weighted by Gasteiger charge is -2.18. The monoisotopic (exact) mass is 472 g/mol. The van der Waals surface area contributed by atoms with Gasteiger partial charge in [0.2, 0.25) is 0 Å². The average molecular weight is 472 g/mol. The number of ketones is 1. The molecule has 0 unspecified atom stereocenters. The molecule has 1 aromatic carbocycles. The van der Waals surface area contributed by atoms with Crippen LogP contribution in [0.3, 0.4) is 0 Å². The van der Waals surface area contributed by atoms with Gasteiger partial charge in [-0.2, -0.15) is 0 Å². The van der Waals surface area contributed by atoms with E-state index >= 15 is 0 Å². The lowest BCUT2D eigenvalue weighted by atomic mass is 9.85. The quantitative estimate of drug-likeness (QED) is 0.391. The predicted octanol–water partition coefficient (Wildman–Crippen LogP) is 5.84. The molecule has 1 aromatic rings. The molecular weight excluding hydrogens is 450 g/mol. The number of rotatable bonds is 2. The van der Waals surface area contributed by atoms with Gasteiger partial charge in [0.05, 0.1) is 0 Å². The molecule has 0 fully saturated rings. The topological polar surface area (TPSA) is 17.1 Å². The number of benzene rings is 1. The van der Waals surface area contributed by atoms with Crippen molar-refractivity contribution in [2.45, 2.75) is 48.5 Å². The first-order chi connectivity index (χ1) is 8.29. The molecular formula is C15H22I2O. The summed E-state index contributed by atoms with van der Waals surface area (Å²) in [4.78, 5) is 12.2. The van der Waals surface area contributed by atoms with Crippen molar-refractivity contribution in [1.82, 2.24) is 0 Å². The van der Waals surface area contributed by atoms with Crippen LogP contribution in [0.2, 0.25) is 0 Å². The van der Waals surface area contributed by atoms with Gasteiger partial charge in [0.1, 0.15) is 0 Å². The highest BCUT2D eigenvalue weighted by atomic mass is 128. The number of carbonyl (C=O) groups is 1. The van der Waals surface area contributed by atoms with E-state index in [2.05, 4.69) is 71.9 Å². The molecule has 0 aromatic heterocycles. The molecule has 1 nitrogen and oxygen atoms in total. The smallest absolute Gasteiger partial charge is 0.165 e. The standard InChI is InChI=1S/C15H22O.I2/c1-8(2)15(16)14-12(6)10(4)9(3)11(5)13(14)7;1-2/h8H,1-7H3;. The maximum atomic E-state index is 12.2. The third-order valence-corrected chi connectivity index (χ3v) is 3.77. The lowest BCUT2D eigenvalue weighted by Crippen LogP contribution is -2.14. The van der Waals surface area contributed by atoms with E-state index < -0.39 is 0 Å². The molecule has 0 saturated heterocycles. The zero-order valence-corrected chi connectivity index (χ0v) is 16.6. The minimum atomic E-state index is 0.0684. The van der Waals surface area contributed by atoms with Crippen molar-refractivity contribution >= 4 is 43.0 Å². The van der Waals surface area contributed by atoms with Gasteiger partial charge < -0.3 is 0 Å². The van der Waals surface area contributed by atoms with Crippen molar-refractivity contribution in [3.8, 4) is 0 Å². The minimum absolute atomic E-state index is 0.0684. The van der Waals surface area contributed by atoms with Gasteiger partial charge in [-0.05, 0) is 62.4 Å². The summed E-state index contributed by atoms with van der Waals surface area (Å²) in [6.07, 6.45) is 0. The van der Waals surface area contributed by atoms with E-state index in [1.54, 1.807) is 0 Å². The van der Waals surface area contributed by atoms with Crippen LogP contribution in [0.25, 0.3) is 0 Å². The van der Waals surface area contributed by atoms with Crippen LogP contribution in [0.5, 0.6) is 0 Å². The van der Waals surface area contributed by atoms with Crippen LogP contribution >= 0.6 is 37.2 Å². The first-order valence-corrected chi connectivity index (χ1v) is 12.3. The Morgan fingerprint density at radius 3 is 1.33 bits per heavy atom. The van der Waals surface area contributed by atoms with Crippen molar-refractivity contribution in [1.29, 1.82) is 0 Å². The van der Waals surface area contributed by atoms with Crippen LogP contribution < -0.4 is 0 Å². The van der Waals surface area contributed by atoms with E-state index in [9.17, 15) is 4.79 Å². The fourth-order valence-corrected chi connectivity index (χ4v) is 2.16. The zero-order chi connectivity index (χ0) is 14.6. The fraction of sp³-hybridized carbons (Fsp3) is 0.533. The second-order valence-corrected chi connectivity index (χ2v) is 5.02. The Kier molecular flexibility index (Phi) is 7.97. The van der Waals surface area contributed by atoms with Crippen molar-refractivity contribution in [3.63, 3.8) is 0 Å². The van der Waals surface area contributed by atoms with Gasteiger partial charge in [-0.25, -0.2) is 0 Å². The van der Waals surface area contributed by atoms with Gasteiger partial charge in [-0.1, -0.05) is 13.8 Å². The Hall–Kier alpha value is 0.350. The van der Waals surface area contributed by atoms with Crippen molar-refractivity contribution < 1.29 is 4.79 Å². The zero-order valence-electron chi connectivity index (χ0n) is 12.2. The number of hydrogen-bond donors (Lipinski definition) is 0. The van der Waals surface area contributed by atoms with Crippen LogP contribution in [-0.4, -0.2) is 5.78 Å². The molecule has 0 spiro atoms. The Labute approximate surface area is 134 Å². The highest BCUT2D eigenvalue weighted by Gasteiger charge is 2.19. The van der Waals surface area contributed by atoms with Crippen LogP contribution in [0.15, 0.2) is 0 Å². The third kappa shape index (κ3) is 3.68. The molecule has 0 N–H and O–H groups in total. The van der Waals surface area contributed by atoms with Crippen molar-refractivity contribution in [2.24, 2.45) is 5.92 Å². The highest BCUT2D eigenvalue weighted by molar-refractivity contribution is 15.0. The molecule has 0 aliphatic rings. The predicted molar refractivity (Wildman–Crippen MR) is 97.3 cm³/mol. The summed E-state index contributed by atoms with van der Waals surface area (Å²) >= 11 is 4.24. The number of halogens is 2. The van der Waals surface area contributed by atoms with Gasteiger partial charge in [-0.15, -0.1) is 0 Å². The first kappa shape index (κ1) is 18.4. The second kappa shape index (κ2) is 7.82. The van der Waals surface area contributed by atoms with Crippen molar-refractivity contribution in [2.75, 3.05) is 0 Å². The highest BCUT2D eigenvalue weighted by Crippen LogP contribution is 2.27. The Morgan fingerprint density at radius 1 is 0.778 bits per heavy atom. The van der Waals surface area contributed by atoms with E-state index in [1.807, 2.05) is 13.8 Å². The molecule has 0 amide bonds. The molecule has 18 heavy (non-hydrogen) atoms. The Morgan fingerprint density at radius 2 is 1.06 bits per heavy atom. The molecule has 0 bridgehead atoms. The van der Waals surface area contributed by atoms with E-state index in [0.717, 1.165) is 16.7 Å². The number of hydrogen-bond acceptors (Lipinski definition) is 1. The van der Waals surface area contributed by atoms with E-state index in [1.165, 1.54) is 16.7 Å². The van der Waals surface area contributed by atoms with Gasteiger partial charge in [0.25, 0.3) is 0 Å². The van der Waals surface area contributed by atoms with Gasteiger partial charge in [0, 0.05) is 48.7 Å². The Bertz CT molecular complexity index is 419. The molecule has 0 aliphatic carbocycles. The Balaban J connectivity index is 0.00000137. The summed E-state index contributed by atoms with van der Waals surface area (Å²) in [6.45, 7) is 14.4. The minimum Gasteiger partial charge on any atom is -0.294 e. The third-order valence-electron chi connectivity index (χ3n) is 3.77. The summed E-state index contributed by atoms with van der Waals surface area (Å²) < 4.78 is 0. The molecule has 0 aliphatic heterocycles. The molecule has 0 radical (unpaired) electrons. The molecule has 0 atom stereocenters. The molecule has 0 saturated carbocycles. The average Bonchev–Trinajstić information content (AvgIpc) is 2.36. The maximum absolute atomic E-state index is 12.2. The number of carbonyl (C=O) groups excluding carboxylic acids is 1. The summed E-state index contributed by atoms with van der Waals surface area (Å²) in [5.41, 5.74) is 7.07. The first-order valence-electron chi connectivity index (χ1n) is 6.04. The van der Waals surface area contributed by atoms with Crippen LogP contribution in [-0.2, 0) is 0 Å². The normalized spacial score (nSPS) is 10.1. The maximum Gasteiger partial charge on any atom is 0.165 e. The van der Waals surface area contributed by atoms with Crippen molar-refractivity contribution in [3.05, 3.63) is 33.4 Å². The summed E-state index contributed by atoms with van der Waals surface area (Å²) in [5, 5.41) is 0.